The van der Waals surface area contributed by atoms with Crippen LogP contribution in [0.2, 0.25) is 5.02 Å². The monoisotopic (exact) mass is 482 g/mol. The van der Waals surface area contributed by atoms with Gasteiger partial charge in [-0.05, 0) is 24.1 Å². The van der Waals surface area contributed by atoms with Crippen molar-refractivity contribution in [3.8, 4) is 0 Å². The number of carbonyl (C=O) groups is 4. The zero-order chi connectivity index (χ0) is 24.0. The van der Waals surface area contributed by atoms with Gasteiger partial charge in [0.2, 0.25) is 0 Å². The number of amides is 5. The molecule has 3 aliphatic rings. The summed E-state index contributed by atoms with van der Waals surface area (Å²) < 4.78 is 4.71. The molecule has 1 unspecified atom stereocenters. The number of esters is 1. The van der Waals surface area contributed by atoms with E-state index in [-0.39, 0.29) is 59.8 Å². The SMILES string of the molecule is COC(=O)c1cccc(NC(=O)N2CCN3C(=O)N([C@H]4C[C@@H]4c4ccccc4)C(=O)C3C2)c1Cl. The van der Waals surface area contributed by atoms with Gasteiger partial charge in [0.25, 0.3) is 5.91 Å². The van der Waals surface area contributed by atoms with Crippen LogP contribution in [0.1, 0.15) is 28.3 Å². The molecule has 1 saturated carbocycles. The average molecular weight is 483 g/mol. The summed E-state index contributed by atoms with van der Waals surface area (Å²) in [5.41, 5.74) is 1.51. The molecule has 0 aromatic heterocycles. The molecule has 2 aromatic rings. The van der Waals surface area contributed by atoms with Crippen LogP contribution in [0.25, 0.3) is 0 Å². The molecule has 3 fully saturated rings. The molecule has 5 amide bonds. The Morgan fingerprint density at radius 1 is 1.06 bits per heavy atom. The number of halogens is 1. The maximum absolute atomic E-state index is 13.2. The number of hydrogen-bond acceptors (Lipinski definition) is 5. The summed E-state index contributed by atoms with van der Waals surface area (Å²) in [7, 11) is 1.25. The Bertz CT molecular complexity index is 1170. The maximum Gasteiger partial charge on any atom is 0.339 e. The summed E-state index contributed by atoms with van der Waals surface area (Å²) in [6.45, 7) is 0.623. The van der Waals surface area contributed by atoms with Crippen molar-refractivity contribution in [1.29, 1.82) is 0 Å². The van der Waals surface area contributed by atoms with Crippen molar-refractivity contribution in [3.63, 3.8) is 0 Å². The van der Waals surface area contributed by atoms with Crippen molar-refractivity contribution in [2.24, 2.45) is 0 Å². The van der Waals surface area contributed by atoms with Crippen molar-refractivity contribution in [3.05, 3.63) is 64.7 Å². The number of nitrogens with one attached hydrogen (secondary N) is 1. The van der Waals surface area contributed by atoms with Gasteiger partial charge in [0, 0.05) is 25.0 Å². The molecule has 1 aliphatic carbocycles. The van der Waals surface area contributed by atoms with E-state index in [1.54, 1.807) is 17.0 Å². The normalized spacial score (nSPS) is 23.6. The number of imide groups is 1. The van der Waals surface area contributed by atoms with Gasteiger partial charge in [0.15, 0.2) is 0 Å². The van der Waals surface area contributed by atoms with E-state index < -0.39 is 18.0 Å². The fourth-order valence-corrected chi connectivity index (χ4v) is 4.97. The number of ether oxygens (including phenoxy) is 1. The predicted molar refractivity (Wildman–Crippen MR) is 124 cm³/mol. The molecule has 2 aromatic carbocycles. The molecule has 2 heterocycles. The van der Waals surface area contributed by atoms with Crippen LogP contribution in [0.3, 0.4) is 0 Å². The second-order valence-corrected chi connectivity index (χ2v) is 8.93. The molecule has 10 heteroatoms. The molecule has 9 nitrogen and oxygen atoms in total. The van der Waals surface area contributed by atoms with Gasteiger partial charge in [0.05, 0.1) is 29.9 Å². The highest BCUT2D eigenvalue weighted by Gasteiger charge is 2.56. The summed E-state index contributed by atoms with van der Waals surface area (Å²) in [6.07, 6.45) is 0.751. The smallest absolute Gasteiger partial charge is 0.339 e. The van der Waals surface area contributed by atoms with Crippen LogP contribution in [0.15, 0.2) is 48.5 Å². The van der Waals surface area contributed by atoms with E-state index in [0.717, 1.165) is 12.0 Å². The lowest BCUT2D eigenvalue weighted by Crippen LogP contribution is -2.55. The third-order valence-electron chi connectivity index (χ3n) is 6.60. The number of piperazine rings is 1. The largest absolute Gasteiger partial charge is 0.465 e. The van der Waals surface area contributed by atoms with Crippen molar-refractivity contribution >= 4 is 41.2 Å². The highest BCUT2D eigenvalue weighted by atomic mass is 35.5. The van der Waals surface area contributed by atoms with Gasteiger partial charge in [0.1, 0.15) is 6.04 Å². The molecule has 0 radical (unpaired) electrons. The predicted octanol–water partition coefficient (Wildman–Crippen LogP) is 3.16. The van der Waals surface area contributed by atoms with Crippen LogP contribution in [0.4, 0.5) is 15.3 Å². The van der Waals surface area contributed by atoms with Crippen molar-refractivity contribution in [2.75, 3.05) is 32.1 Å². The van der Waals surface area contributed by atoms with Gasteiger partial charge >= 0.3 is 18.0 Å². The number of hydrogen-bond donors (Lipinski definition) is 1. The first kappa shape index (κ1) is 22.2. The molecular weight excluding hydrogens is 460 g/mol. The summed E-state index contributed by atoms with van der Waals surface area (Å²) >= 11 is 6.27. The molecule has 1 N–H and O–H groups in total. The molecule has 2 saturated heterocycles. The first-order valence-electron chi connectivity index (χ1n) is 11.0. The van der Waals surface area contributed by atoms with Crippen LogP contribution in [0.5, 0.6) is 0 Å². The summed E-state index contributed by atoms with van der Waals surface area (Å²) in [5.74, 6) is -0.727. The van der Waals surface area contributed by atoms with E-state index in [1.807, 2.05) is 30.3 Å². The van der Waals surface area contributed by atoms with E-state index in [0.29, 0.717) is 0 Å². The Hall–Kier alpha value is -3.59. The second-order valence-electron chi connectivity index (χ2n) is 8.56. The average Bonchev–Trinajstić information content (AvgIpc) is 3.60. The number of benzene rings is 2. The van der Waals surface area contributed by atoms with Gasteiger partial charge in [-0.2, -0.15) is 0 Å². The maximum atomic E-state index is 13.2. The lowest BCUT2D eigenvalue weighted by Gasteiger charge is -2.35. The Balaban J connectivity index is 1.26. The third-order valence-corrected chi connectivity index (χ3v) is 7.01. The molecule has 34 heavy (non-hydrogen) atoms. The van der Waals surface area contributed by atoms with Gasteiger partial charge < -0.3 is 19.9 Å². The Kier molecular flexibility index (Phi) is 5.65. The fraction of sp³-hybridized carbons (Fsp3) is 0.333. The number of urea groups is 2. The van der Waals surface area contributed by atoms with E-state index in [9.17, 15) is 19.2 Å². The molecule has 3 atom stereocenters. The number of carbonyl (C=O) groups excluding carboxylic acids is 4. The van der Waals surface area contributed by atoms with Crippen LogP contribution in [0, 0.1) is 0 Å². The highest BCUT2D eigenvalue weighted by Crippen LogP contribution is 2.46. The first-order valence-corrected chi connectivity index (χ1v) is 11.4. The van der Waals surface area contributed by atoms with Crippen molar-refractivity contribution < 1.29 is 23.9 Å². The molecule has 176 valence electrons. The van der Waals surface area contributed by atoms with Gasteiger partial charge in [-0.15, -0.1) is 0 Å². The standard InChI is InChI=1S/C24H23ClN4O5/c1-34-22(31)15-8-5-9-17(20(15)25)26-23(32)27-10-11-28-19(13-27)21(30)29(24(28)33)18-12-16(18)14-6-3-2-4-7-14/h2-9,16,18-19H,10-13H2,1H3,(H,26,32)/t16-,18+,19?/m1/s1. The van der Waals surface area contributed by atoms with E-state index in [4.69, 9.17) is 16.3 Å². The number of methoxy groups -OCH3 is 1. The van der Waals surface area contributed by atoms with Gasteiger partial charge in [-0.3, -0.25) is 9.69 Å². The number of fused-ring (bicyclic) bond motifs is 1. The minimum Gasteiger partial charge on any atom is -0.465 e. The quantitative estimate of drug-likeness (QED) is 0.533. The number of nitrogens with zero attached hydrogens (tertiary/aromatic N) is 3. The molecular formula is C24H23ClN4O5. The molecule has 5 rings (SSSR count). The summed E-state index contributed by atoms with van der Waals surface area (Å²) in [5, 5.41) is 2.77. The van der Waals surface area contributed by atoms with Crippen LogP contribution in [-0.2, 0) is 9.53 Å². The van der Waals surface area contributed by atoms with E-state index >= 15 is 0 Å². The Morgan fingerprint density at radius 3 is 2.56 bits per heavy atom. The van der Waals surface area contributed by atoms with Crippen molar-refractivity contribution in [1.82, 2.24) is 14.7 Å². The first-order chi connectivity index (χ1) is 16.4. The lowest BCUT2D eigenvalue weighted by molar-refractivity contribution is -0.129. The topological polar surface area (TPSA) is 99.3 Å². The number of rotatable bonds is 4. The van der Waals surface area contributed by atoms with Gasteiger partial charge in [-0.1, -0.05) is 48.0 Å². The lowest BCUT2D eigenvalue weighted by atomic mass is 10.1. The second kappa shape index (κ2) is 8.64. The van der Waals surface area contributed by atoms with Gasteiger partial charge in [-0.25, -0.2) is 14.4 Å². The zero-order valence-corrected chi connectivity index (χ0v) is 19.2. The Labute approximate surface area is 201 Å². The Morgan fingerprint density at radius 2 is 1.82 bits per heavy atom. The zero-order valence-electron chi connectivity index (χ0n) is 18.4. The summed E-state index contributed by atoms with van der Waals surface area (Å²) in [4.78, 5) is 55.4. The van der Waals surface area contributed by atoms with E-state index in [1.165, 1.54) is 23.0 Å². The minimum atomic E-state index is -0.708. The minimum absolute atomic E-state index is 0.0697. The summed E-state index contributed by atoms with van der Waals surface area (Å²) in [6, 6.07) is 12.9. The fourth-order valence-electron chi connectivity index (χ4n) is 4.72. The third kappa shape index (κ3) is 3.75. The van der Waals surface area contributed by atoms with Crippen LogP contribution in [-0.4, -0.2) is 77.5 Å². The highest BCUT2D eigenvalue weighted by molar-refractivity contribution is 6.36. The number of anilines is 1. The van der Waals surface area contributed by atoms with Crippen LogP contribution >= 0.6 is 11.6 Å². The van der Waals surface area contributed by atoms with E-state index in [2.05, 4.69) is 5.32 Å². The van der Waals surface area contributed by atoms with Crippen molar-refractivity contribution in [2.45, 2.75) is 24.4 Å². The molecule has 0 bridgehead atoms. The molecule has 2 aliphatic heterocycles. The van der Waals surface area contributed by atoms with Crippen LogP contribution < -0.4 is 5.32 Å². The molecule has 0 spiro atoms.